The summed E-state index contributed by atoms with van der Waals surface area (Å²) in [7, 11) is 0. The highest BCUT2D eigenvalue weighted by atomic mass is 16.5. The molecule has 3 nitrogen and oxygen atoms in total. The van der Waals surface area contributed by atoms with Gasteiger partial charge >= 0.3 is 0 Å². The lowest BCUT2D eigenvalue weighted by atomic mass is 9.98. The van der Waals surface area contributed by atoms with Crippen molar-refractivity contribution in [1.82, 2.24) is 9.97 Å². The van der Waals surface area contributed by atoms with Gasteiger partial charge in [0.2, 0.25) is 0 Å². The van der Waals surface area contributed by atoms with Crippen molar-refractivity contribution in [2.45, 2.75) is 44.4 Å². The van der Waals surface area contributed by atoms with Crippen LogP contribution in [0, 0.1) is 6.07 Å². The van der Waals surface area contributed by atoms with Crippen LogP contribution in [0.25, 0.3) is 0 Å². The van der Waals surface area contributed by atoms with Crippen LogP contribution in [0.1, 0.15) is 49.3 Å². The Morgan fingerprint density at radius 1 is 1.35 bits per heavy atom. The zero-order chi connectivity index (χ0) is 13.6. The van der Waals surface area contributed by atoms with Crippen molar-refractivity contribution in [2.24, 2.45) is 0 Å². The fourth-order valence-corrected chi connectivity index (χ4v) is 2.90. The van der Waals surface area contributed by atoms with E-state index in [9.17, 15) is 0 Å². The molecule has 1 radical (unpaired) electrons. The van der Waals surface area contributed by atoms with Gasteiger partial charge in [-0.2, -0.15) is 0 Å². The van der Waals surface area contributed by atoms with E-state index in [1.165, 1.54) is 31.2 Å². The number of benzene rings is 1. The molecule has 2 aromatic rings. The van der Waals surface area contributed by atoms with Crippen molar-refractivity contribution in [3.05, 3.63) is 48.0 Å². The molecule has 1 aliphatic rings. The second-order valence-corrected chi connectivity index (χ2v) is 5.47. The number of imidazole rings is 1. The van der Waals surface area contributed by atoms with Crippen molar-refractivity contribution >= 4 is 0 Å². The minimum absolute atomic E-state index is 0.697. The molecule has 0 unspecified atom stereocenters. The van der Waals surface area contributed by atoms with Crippen molar-refractivity contribution in [2.75, 3.05) is 6.61 Å². The molecule has 0 saturated heterocycles. The van der Waals surface area contributed by atoms with Gasteiger partial charge in [-0.05, 0) is 55.4 Å². The number of aromatic amines is 1. The molecule has 1 N–H and O–H groups in total. The second kappa shape index (κ2) is 6.60. The van der Waals surface area contributed by atoms with Gasteiger partial charge in [0.15, 0.2) is 0 Å². The SMILES string of the molecule is [c]1ccc(OCCCc2c[nH]cn2)cc1C1CCCC1. The normalized spacial score (nSPS) is 15.6. The summed E-state index contributed by atoms with van der Waals surface area (Å²) in [6, 6.07) is 9.54. The minimum atomic E-state index is 0.697. The summed E-state index contributed by atoms with van der Waals surface area (Å²) in [6.07, 6.45) is 10.9. The molecule has 20 heavy (non-hydrogen) atoms. The number of nitrogens with one attached hydrogen (secondary N) is 1. The molecule has 0 atom stereocenters. The van der Waals surface area contributed by atoms with E-state index in [0.717, 1.165) is 30.9 Å². The number of rotatable bonds is 6. The number of hydrogen-bond acceptors (Lipinski definition) is 2. The van der Waals surface area contributed by atoms with E-state index in [-0.39, 0.29) is 0 Å². The van der Waals surface area contributed by atoms with Crippen molar-refractivity contribution in [1.29, 1.82) is 0 Å². The van der Waals surface area contributed by atoms with E-state index in [0.29, 0.717) is 5.92 Å². The molecule has 0 bridgehead atoms. The van der Waals surface area contributed by atoms with Crippen molar-refractivity contribution < 1.29 is 4.74 Å². The first kappa shape index (κ1) is 13.2. The summed E-state index contributed by atoms with van der Waals surface area (Å²) < 4.78 is 5.85. The van der Waals surface area contributed by atoms with Crippen LogP contribution in [-0.4, -0.2) is 16.6 Å². The molecule has 3 heteroatoms. The largest absolute Gasteiger partial charge is 0.494 e. The Morgan fingerprint density at radius 2 is 2.25 bits per heavy atom. The Labute approximate surface area is 120 Å². The second-order valence-electron chi connectivity index (χ2n) is 5.47. The van der Waals surface area contributed by atoms with Crippen molar-refractivity contribution in [3.63, 3.8) is 0 Å². The van der Waals surface area contributed by atoms with Crippen LogP contribution in [0.2, 0.25) is 0 Å². The van der Waals surface area contributed by atoms with E-state index < -0.39 is 0 Å². The number of nitrogens with zero attached hydrogens (tertiary/aromatic N) is 1. The van der Waals surface area contributed by atoms with E-state index in [2.05, 4.69) is 22.1 Å². The molecule has 105 valence electrons. The van der Waals surface area contributed by atoms with Crippen LogP contribution in [0.3, 0.4) is 0 Å². The highest BCUT2D eigenvalue weighted by Gasteiger charge is 2.17. The van der Waals surface area contributed by atoms with Gasteiger partial charge in [-0.3, -0.25) is 0 Å². The summed E-state index contributed by atoms with van der Waals surface area (Å²) >= 11 is 0. The highest BCUT2D eigenvalue weighted by molar-refractivity contribution is 5.30. The van der Waals surface area contributed by atoms with Gasteiger partial charge in [0.05, 0.1) is 18.6 Å². The molecule has 1 aromatic carbocycles. The molecule has 1 aromatic heterocycles. The van der Waals surface area contributed by atoms with E-state index in [4.69, 9.17) is 4.74 Å². The quantitative estimate of drug-likeness (QED) is 0.808. The third kappa shape index (κ3) is 3.41. The van der Waals surface area contributed by atoms with Gasteiger partial charge in [0, 0.05) is 6.20 Å². The first-order chi connectivity index (χ1) is 9.92. The third-order valence-corrected chi connectivity index (χ3v) is 3.99. The molecule has 0 aliphatic heterocycles. The minimum Gasteiger partial charge on any atom is -0.494 e. The zero-order valence-corrected chi connectivity index (χ0v) is 11.8. The lowest BCUT2D eigenvalue weighted by Gasteiger charge is -2.11. The van der Waals surface area contributed by atoms with E-state index in [1.54, 1.807) is 6.33 Å². The number of aromatic nitrogens is 2. The van der Waals surface area contributed by atoms with Gasteiger partial charge in [-0.25, -0.2) is 4.98 Å². The molecule has 1 fully saturated rings. The standard InChI is InChI=1S/C17H21N2O/c1-2-6-14(5-1)15-7-3-9-17(11-15)20-10-4-8-16-12-18-13-19-16/h3,9,11-14H,1-2,4-6,8,10H2,(H,18,19). The molecule has 0 spiro atoms. The molecule has 1 saturated carbocycles. The Balaban J connectivity index is 1.48. The number of H-pyrrole nitrogens is 1. The predicted molar refractivity (Wildman–Crippen MR) is 78.9 cm³/mol. The average Bonchev–Trinajstić information content (AvgIpc) is 3.17. The lowest BCUT2D eigenvalue weighted by molar-refractivity contribution is 0.310. The molecule has 0 amide bonds. The molecular formula is C17H21N2O. The Morgan fingerprint density at radius 3 is 3.05 bits per heavy atom. The van der Waals surface area contributed by atoms with Gasteiger partial charge < -0.3 is 9.72 Å². The molecule has 1 heterocycles. The number of aryl methyl sites for hydroxylation is 1. The van der Waals surface area contributed by atoms with Gasteiger partial charge in [0.1, 0.15) is 5.75 Å². The van der Waals surface area contributed by atoms with Crippen LogP contribution < -0.4 is 4.74 Å². The van der Waals surface area contributed by atoms with E-state index in [1.807, 2.05) is 18.3 Å². The fraction of sp³-hybridized carbons (Fsp3) is 0.471. The summed E-state index contributed by atoms with van der Waals surface area (Å²) in [5, 5.41) is 0. The Bertz CT molecular complexity index is 516. The smallest absolute Gasteiger partial charge is 0.119 e. The summed E-state index contributed by atoms with van der Waals surface area (Å²) in [5.41, 5.74) is 2.42. The Kier molecular flexibility index (Phi) is 4.36. The van der Waals surface area contributed by atoms with Crippen LogP contribution in [-0.2, 0) is 6.42 Å². The monoisotopic (exact) mass is 269 g/mol. The van der Waals surface area contributed by atoms with Gasteiger partial charge in [0.25, 0.3) is 0 Å². The summed E-state index contributed by atoms with van der Waals surface area (Å²) in [6.45, 7) is 0.737. The van der Waals surface area contributed by atoms with Crippen molar-refractivity contribution in [3.8, 4) is 5.75 Å². The number of hydrogen-bond donors (Lipinski definition) is 1. The third-order valence-electron chi connectivity index (χ3n) is 3.99. The molecular weight excluding hydrogens is 248 g/mol. The number of ether oxygens (including phenoxy) is 1. The topological polar surface area (TPSA) is 37.9 Å². The zero-order valence-electron chi connectivity index (χ0n) is 11.8. The first-order valence-electron chi connectivity index (χ1n) is 7.54. The summed E-state index contributed by atoms with van der Waals surface area (Å²) in [5.74, 6) is 1.68. The van der Waals surface area contributed by atoms with Gasteiger partial charge in [-0.15, -0.1) is 0 Å². The van der Waals surface area contributed by atoms with Gasteiger partial charge in [-0.1, -0.05) is 18.9 Å². The fourth-order valence-electron chi connectivity index (χ4n) is 2.90. The summed E-state index contributed by atoms with van der Waals surface area (Å²) in [4.78, 5) is 7.18. The van der Waals surface area contributed by atoms with Crippen LogP contribution in [0.15, 0.2) is 30.7 Å². The Hall–Kier alpha value is -1.77. The lowest BCUT2D eigenvalue weighted by Crippen LogP contribution is -2.01. The van der Waals surface area contributed by atoms with Crippen LogP contribution in [0.4, 0.5) is 0 Å². The first-order valence-corrected chi connectivity index (χ1v) is 7.54. The van der Waals surface area contributed by atoms with E-state index >= 15 is 0 Å². The average molecular weight is 269 g/mol. The van der Waals surface area contributed by atoms with Crippen LogP contribution in [0.5, 0.6) is 5.75 Å². The van der Waals surface area contributed by atoms with Crippen LogP contribution >= 0.6 is 0 Å². The molecule has 3 rings (SSSR count). The highest BCUT2D eigenvalue weighted by Crippen LogP contribution is 2.34. The molecule has 1 aliphatic carbocycles. The predicted octanol–water partition coefficient (Wildman–Crippen LogP) is 3.88. The maximum atomic E-state index is 5.85. The maximum absolute atomic E-state index is 5.85. The maximum Gasteiger partial charge on any atom is 0.119 e.